The summed E-state index contributed by atoms with van der Waals surface area (Å²) in [5.74, 6) is 1.21. The fourth-order valence-corrected chi connectivity index (χ4v) is 4.62. The van der Waals surface area contributed by atoms with Gasteiger partial charge < -0.3 is 24.4 Å². The van der Waals surface area contributed by atoms with Crippen LogP contribution >= 0.6 is 0 Å². The van der Waals surface area contributed by atoms with E-state index in [2.05, 4.69) is 11.0 Å². The van der Waals surface area contributed by atoms with Crippen molar-refractivity contribution in [1.82, 2.24) is 4.90 Å². The SMILES string of the molecule is CN(C)c1ccc2c(c1)[C@H]1C[C@H](CC(=O)N3CCCCC3)O[C@@H](CO)[C@H]1O2. The Kier molecular flexibility index (Phi) is 5.28. The summed E-state index contributed by atoms with van der Waals surface area (Å²) < 4.78 is 12.2. The van der Waals surface area contributed by atoms with Gasteiger partial charge in [0.2, 0.25) is 5.91 Å². The second kappa shape index (κ2) is 7.68. The summed E-state index contributed by atoms with van der Waals surface area (Å²) in [6.45, 7) is 1.63. The summed E-state index contributed by atoms with van der Waals surface area (Å²) in [7, 11) is 4.05. The van der Waals surface area contributed by atoms with E-state index in [4.69, 9.17) is 9.47 Å². The molecule has 1 aromatic rings. The van der Waals surface area contributed by atoms with Crippen molar-refractivity contribution < 1.29 is 19.4 Å². The molecular formula is C21H30N2O4. The number of nitrogens with zero attached hydrogens (tertiary/aromatic N) is 2. The molecule has 3 aliphatic heterocycles. The number of rotatable bonds is 4. The third-order valence-electron chi connectivity index (χ3n) is 6.11. The summed E-state index contributed by atoms with van der Waals surface area (Å²) in [4.78, 5) is 16.7. The number of amides is 1. The molecule has 2 saturated heterocycles. The van der Waals surface area contributed by atoms with E-state index in [-0.39, 0.29) is 30.6 Å². The van der Waals surface area contributed by atoms with E-state index in [1.54, 1.807) is 0 Å². The molecular weight excluding hydrogens is 344 g/mol. The average Bonchev–Trinajstić information content (AvgIpc) is 3.06. The van der Waals surface area contributed by atoms with E-state index >= 15 is 0 Å². The van der Waals surface area contributed by atoms with Gasteiger partial charge in [-0.3, -0.25) is 4.79 Å². The first kappa shape index (κ1) is 18.6. The molecule has 0 unspecified atom stereocenters. The molecule has 0 aromatic heterocycles. The number of benzene rings is 1. The molecule has 4 rings (SSSR count). The van der Waals surface area contributed by atoms with Gasteiger partial charge in [0, 0.05) is 44.4 Å². The Balaban J connectivity index is 1.51. The normalized spacial score (nSPS) is 29.7. The maximum atomic E-state index is 12.7. The number of hydrogen-bond acceptors (Lipinski definition) is 5. The molecule has 2 fully saturated rings. The zero-order valence-electron chi connectivity index (χ0n) is 16.3. The molecule has 0 bridgehead atoms. The van der Waals surface area contributed by atoms with Crippen LogP contribution in [-0.4, -0.2) is 68.0 Å². The predicted molar refractivity (Wildman–Crippen MR) is 103 cm³/mol. The number of piperidine rings is 1. The van der Waals surface area contributed by atoms with Crippen LogP contribution in [0.2, 0.25) is 0 Å². The number of aliphatic hydroxyl groups is 1. The fourth-order valence-electron chi connectivity index (χ4n) is 4.62. The van der Waals surface area contributed by atoms with Crippen LogP contribution in [0.25, 0.3) is 0 Å². The van der Waals surface area contributed by atoms with Crippen molar-refractivity contribution >= 4 is 11.6 Å². The molecule has 148 valence electrons. The fraction of sp³-hybridized carbons (Fsp3) is 0.667. The first-order valence-electron chi connectivity index (χ1n) is 10.1. The summed E-state index contributed by atoms with van der Waals surface area (Å²) in [6.07, 6.45) is 3.80. The number of likely N-dealkylation sites (tertiary alicyclic amines) is 1. The smallest absolute Gasteiger partial charge is 0.225 e. The Hall–Kier alpha value is -1.79. The summed E-state index contributed by atoms with van der Waals surface area (Å²) >= 11 is 0. The van der Waals surface area contributed by atoms with Crippen molar-refractivity contribution in [3.63, 3.8) is 0 Å². The van der Waals surface area contributed by atoms with Crippen molar-refractivity contribution in [2.24, 2.45) is 0 Å². The largest absolute Gasteiger partial charge is 0.487 e. The standard InChI is InChI=1S/C21H30N2O4/c1-22(2)14-6-7-18-16(10-14)17-11-15(26-19(13-24)21(17)27-18)12-20(25)23-8-4-3-5-9-23/h6-7,10,15,17,19,21,24H,3-5,8-9,11-13H2,1-2H3/t15-,17-,19+,21+/m1/s1. The molecule has 4 atom stereocenters. The summed E-state index contributed by atoms with van der Waals surface area (Å²) in [6, 6.07) is 6.22. The van der Waals surface area contributed by atoms with Crippen molar-refractivity contribution in [3.8, 4) is 5.75 Å². The van der Waals surface area contributed by atoms with Gasteiger partial charge in [-0.15, -0.1) is 0 Å². The van der Waals surface area contributed by atoms with Crippen LogP contribution in [0.15, 0.2) is 18.2 Å². The highest BCUT2D eigenvalue weighted by Gasteiger charge is 2.46. The van der Waals surface area contributed by atoms with Crippen LogP contribution in [0.3, 0.4) is 0 Å². The second-order valence-electron chi connectivity index (χ2n) is 8.17. The molecule has 1 N–H and O–H groups in total. The van der Waals surface area contributed by atoms with Gasteiger partial charge in [0.25, 0.3) is 0 Å². The monoisotopic (exact) mass is 374 g/mol. The van der Waals surface area contributed by atoms with Gasteiger partial charge in [0.1, 0.15) is 18.0 Å². The number of aliphatic hydroxyl groups excluding tert-OH is 1. The highest BCUT2D eigenvalue weighted by atomic mass is 16.6. The lowest BCUT2D eigenvalue weighted by atomic mass is 9.84. The van der Waals surface area contributed by atoms with Crippen molar-refractivity contribution in [2.45, 2.75) is 56.3 Å². The van der Waals surface area contributed by atoms with E-state index in [1.807, 2.05) is 31.1 Å². The third-order valence-corrected chi connectivity index (χ3v) is 6.11. The quantitative estimate of drug-likeness (QED) is 0.875. The van der Waals surface area contributed by atoms with Gasteiger partial charge in [-0.25, -0.2) is 0 Å². The number of ether oxygens (including phenoxy) is 2. The predicted octanol–water partition coefficient (Wildman–Crippen LogP) is 2.15. The highest BCUT2D eigenvalue weighted by molar-refractivity contribution is 5.76. The zero-order chi connectivity index (χ0) is 19.0. The zero-order valence-corrected chi connectivity index (χ0v) is 16.3. The maximum absolute atomic E-state index is 12.7. The summed E-state index contributed by atoms with van der Waals surface area (Å²) in [5.41, 5.74) is 2.30. The first-order chi connectivity index (χ1) is 13.1. The number of carbonyl (C=O) groups excluding carboxylic acids is 1. The Morgan fingerprint density at radius 1 is 1.26 bits per heavy atom. The Labute approximate surface area is 161 Å². The summed E-state index contributed by atoms with van der Waals surface area (Å²) in [5, 5.41) is 9.85. The third kappa shape index (κ3) is 3.65. The highest BCUT2D eigenvalue weighted by Crippen LogP contribution is 2.47. The molecule has 1 amide bonds. The molecule has 6 nitrogen and oxygen atoms in total. The molecule has 0 saturated carbocycles. The number of fused-ring (bicyclic) bond motifs is 3. The number of carbonyl (C=O) groups is 1. The minimum Gasteiger partial charge on any atom is -0.487 e. The Morgan fingerprint density at radius 2 is 2.04 bits per heavy atom. The van der Waals surface area contributed by atoms with E-state index in [0.717, 1.165) is 43.8 Å². The topological polar surface area (TPSA) is 62.2 Å². The van der Waals surface area contributed by atoms with E-state index in [0.29, 0.717) is 6.42 Å². The Bertz CT molecular complexity index is 687. The first-order valence-corrected chi connectivity index (χ1v) is 10.1. The second-order valence-corrected chi connectivity index (χ2v) is 8.17. The van der Waals surface area contributed by atoms with Gasteiger partial charge >= 0.3 is 0 Å². The van der Waals surface area contributed by atoms with E-state index < -0.39 is 6.10 Å². The van der Waals surface area contributed by atoms with Crippen molar-refractivity contribution in [1.29, 1.82) is 0 Å². The lowest BCUT2D eigenvalue weighted by Gasteiger charge is -2.38. The minimum absolute atomic E-state index is 0.0932. The minimum atomic E-state index is -0.391. The van der Waals surface area contributed by atoms with Crippen LogP contribution in [0.4, 0.5) is 5.69 Å². The molecule has 0 spiro atoms. The van der Waals surface area contributed by atoms with Crippen LogP contribution in [0.5, 0.6) is 5.75 Å². The molecule has 1 aromatic carbocycles. The van der Waals surface area contributed by atoms with Crippen LogP contribution < -0.4 is 9.64 Å². The lowest BCUT2D eigenvalue weighted by molar-refractivity contribution is -0.149. The lowest BCUT2D eigenvalue weighted by Crippen LogP contribution is -2.48. The van der Waals surface area contributed by atoms with Gasteiger partial charge in [0.15, 0.2) is 0 Å². The maximum Gasteiger partial charge on any atom is 0.225 e. The van der Waals surface area contributed by atoms with Crippen LogP contribution in [0.1, 0.15) is 43.6 Å². The van der Waals surface area contributed by atoms with Gasteiger partial charge in [0.05, 0.1) is 19.1 Å². The van der Waals surface area contributed by atoms with E-state index in [9.17, 15) is 9.90 Å². The Morgan fingerprint density at radius 3 is 2.74 bits per heavy atom. The molecule has 6 heteroatoms. The van der Waals surface area contributed by atoms with Gasteiger partial charge in [-0.05, 0) is 43.9 Å². The number of hydrogen-bond donors (Lipinski definition) is 1. The van der Waals surface area contributed by atoms with Crippen molar-refractivity contribution in [2.75, 3.05) is 38.7 Å². The molecule has 3 heterocycles. The van der Waals surface area contributed by atoms with Crippen LogP contribution in [-0.2, 0) is 9.53 Å². The molecule has 3 aliphatic rings. The average molecular weight is 374 g/mol. The van der Waals surface area contributed by atoms with Gasteiger partial charge in [-0.1, -0.05) is 0 Å². The van der Waals surface area contributed by atoms with Crippen LogP contribution in [0, 0.1) is 0 Å². The molecule has 0 radical (unpaired) electrons. The van der Waals surface area contributed by atoms with Crippen molar-refractivity contribution in [3.05, 3.63) is 23.8 Å². The number of anilines is 1. The van der Waals surface area contributed by atoms with Gasteiger partial charge in [-0.2, -0.15) is 0 Å². The van der Waals surface area contributed by atoms with E-state index in [1.165, 1.54) is 12.0 Å². The molecule has 27 heavy (non-hydrogen) atoms. The molecule has 0 aliphatic carbocycles.